The van der Waals surface area contributed by atoms with Crippen LogP contribution in [0.15, 0.2) is 24.3 Å². The Morgan fingerprint density at radius 1 is 1.11 bits per heavy atom. The number of hydrogen-bond donors (Lipinski definition) is 1. The Morgan fingerprint density at radius 2 is 1.58 bits per heavy atom. The molecule has 0 atom stereocenters. The lowest BCUT2D eigenvalue weighted by Gasteiger charge is -2.33. The van der Waals surface area contributed by atoms with Crippen molar-refractivity contribution in [2.75, 3.05) is 13.7 Å². The highest BCUT2D eigenvalue weighted by atomic mass is 16.5. The Labute approximate surface area is 115 Å². The molecule has 0 saturated heterocycles. The van der Waals surface area contributed by atoms with Gasteiger partial charge in [0.25, 0.3) is 0 Å². The summed E-state index contributed by atoms with van der Waals surface area (Å²) in [5.41, 5.74) is 1.71. The molecule has 0 saturated carbocycles. The highest BCUT2D eigenvalue weighted by Gasteiger charge is 2.31. The maximum absolute atomic E-state index is 11.1. The molecule has 3 nitrogen and oxygen atoms in total. The van der Waals surface area contributed by atoms with Gasteiger partial charge in [0, 0.05) is 17.9 Å². The minimum atomic E-state index is -0.774. The van der Waals surface area contributed by atoms with Crippen LogP contribution in [0.5, 0.6) is 0 Å². The van der Waals surface area contributed by atoms with Gasteiger partial charge in [0.15, 0.2) is 0 Å². The van der Waals surface area contributed by atoms with Crippen LogP contribution in [0.4, 0.5) is 0 Å². The summed E-state index contributed by atoms with van der Waals surface area (Å²) in [6.45, 7) is 8.79. The van der Waals surface area contributed by atoms with Crippen molar-refractivity contribution in [3.05, 3.63) is 35.4 Å². The second-order valence-corrected chi connectivity index (χ2v) is 6.32. The first-order valence-electron chi connectivity index (χ1n) is 6.51. The summed E-state index contributed by atoms with van der Waals surface area (Å²) >= 11 is 0. The molecule has 0 amide bonds. The summed E-state index contributed by atoms with van der Waals surface area (Å²) in [5, 5.41) is 9.08. The lowest BCUT2D eigenvalue weighted by atomic mass is 9.72. The molecule has 0 heterocycles. The number of rotatable bonds is 6. The molecule has 1 N–H and O–H groups in total. The molecule has 0 radical (unpaired) electrons. The summed E-state index contributed by atoms with van der Waals surface area (Å²) in [5.74, 6) is -0.774. The lowest BCUT2D eigenvalue weighted by molar-refractivity contribution is -0.138. The smallest absolute Gasteiger partial charge is 0.304 e. The molecule has 0 bridgehead atoms. The minimum absolute atomic E-state index is 0.118. The second kappa shape index (κ2) is 5.74. The zero-order valence-corrected chi connectivity index (χ0v) is 12.5. The molecule has 3 heteroatoms. The van der Waals surface area contributed by atoms with Gasteiger partial charge in [-0.3, -0.25) is 4.79 Å². The zero-order valence-electron chi connectivity index (χ0n) is 12.5. The SMILES string of the molecule is COCC(C)(C)c1ccccc1C(C)(C)CC(=O)O. The van der Waals surface area contributed by atoms with E-state index in [1.54, 1.807) is 7.11 Å². The van der Waals surface area contributed by atoms with E-state index in [1.807, 2.05) is 32.0 Å². The molecule has 1 rings (SSSR count). The molecular weight excluding hydrogens is 240 g/mol. The number of methoxy groups -OCH3 is 1. The van der Waals surface area contributed by atoms with Crippen LogP contribution in [0.25, 0.3) is 0 Å². The lowest BCUT2D eigenvalue weighted by Crippen LogP contribution is -2.30. The molecule has 0 aromatic heterocycles. The fraction of sp³-hybridized carbons (Fsp3) is 0.562. The van der Waals surface area contributed by atoms with Crippen molar-refractivity contribution >= 4 is 5.97 Å². The van der Waals surface area contributed by atoms with Gasteiger partial charge in [-0.25, -0.2) is 0 Å². The fourth-order valence-electron chi connectivity index (χ4n) is 2.58. The van der Waals surface area contributed by atoms with E-state index in [4.69, 9.17) is 9.84 Å². The van der Waals surface area contributed by atoms with Gasteiger partial charge in [-0.05, 0) is 11.1 Å². The molecule has 19 heavy (non-hydrogen) atoms. The first-order chi connectivity index (χ1) is 8.70. The fourth-order valence-corrected chi connectivity index (χ4v) is 2.58. The Kier molecular flexibility index (Phi) is 4.75. The third-order valence-electron chi connectivity index (χ3n) is 3.48. The van der Waals surface area contributed by atoms with Gasteiger partial charge in [0.05, 0.1) is 13.0 Å². The average Bonchev–Trinajstić information content (AvgIpc) is 2.27. The maximum atomic E-state index is 11.1. The molecule has 0 fully saturated rings. The van der Waals surface area contributed by atoms with E-state index >= 15 is 0 Å². The van der Waals surface area contributed by atoms with Crippen LogP contribution >= 0.6 is 0 Å². The third-order valence-corrected chi connectivity index (χ3v) is 3.48. The van der Waals surface area contributed by atoms with Crippen molar-refractivity contribution in [3.8, 4) is 0 Å². The van der Waals surface area contributed by atoms with Gasteiger partial charge >= 0.3 is 5.97 Å². The highest BCUT2D eigenvalue weighted by Crippen LogP contribution is 2.36. The van der Waals surface area contributed by atoms with Crippen molar-refractivity contribution in [1.82, 2.24) is 0 Å². The van der Waals surface area contributed by atoms with Gasteiger partial charge in [0.1, 0.15) is 0 Å². The van der Waals surface area contributed by atoms with Crippen LogP contribution in [0.2, 0.25) is 0 Å². The molecule has 0 aliphatic rings. The van der Waals surface area contributed by atoms with Crippen molar-refractivity contribution < 1.29 is 14.6 Å². The first kappa shape index (κ1) is 15.7. The van der Waals surface area contributed by atoms with E-state index in [-0.39, 0.29) is 11.8 Å². The Balaban J connectivity index is 3.26. The van der Waals surface area contributed by atoms with E-state index in [1.165, 1.54) is 0 Å². The number of ether oxygens (including phenoxy) is 1. The van der Waals surface area contributed by atoms with E-state index in [9.17, 15) is 4.79 Å². The monoisotopic (exact) mass is 264 g/mol. The van der Waals surface area contributed by atoms with Crippen LogP contribution in [-0.2, 0) is 20.4 Å². The van der Waals surface area contributed by atoms with Crippen molar-refractivity contribution in [2.45, 2.75) is 44.9 Å². The minimum Gasteiger partial charge on any atom is -0.481 e. The Morgan fingerprint density at radius 3 is 2.00 bits per heavy atom. The number of aliphatic carboxylic acids is 1. The van der Waals surface area contributed by atoms with E-state index in [0.29, 0.717) is 6.61 Å². The van der Waals surface area contributed by atoms with Crippen LogP contribution in [0.1, 0.15) is 45.2 Å². The number of carboxylic acids is 1. The van der Waals surface area contributed by atoms with Crippen LogP contribution in [-0.4, -0.2) is 24.8 Å². The number of carbonyl (C=O) groups is 1. The van der Waals surface area contributed by atoms with Gasteiger partial charge in [-0.1, -0.05) is 52.0 Å². The van der Waals surface area contributed by atoms with Crippen molar-refractivity contribution in [3.63, 3.8) is 0 Å². The third kappa shape index (κ3) is 3.80. The standard InChI is InChI=1S/C16H24O3/c1-15(2,10-14(17)18)12-8-6-7-9-13(12)16(3,4)11-19-5/h6-9H,10-11H2,1-5H3,(H,17,18). The summed E-state index contributed by atoms with van der Waals surface area (Å²) in [6, 6.07) is 8.05. The topological polar surface area (TPSA) is 46.5 Å². The highest BCUT2D eigenvalue weighted by molar-refractivity contribution is 5.69. The van der Waals surface area contributed by atoms with Crippen LogP contribution in [0, 0.1) is 0 Å². The van der Waals surface area contributed by atoms with Crippen molar-refractivity contribution in [2.24, 2.45) is 0 Å². The number of hydrogen-bond acceptors (Lipinski definition) is 2. The molecule has 0 aliphatic carbocycles. The van der Waals surface area contributed by atoms with Gasteiger partial charge in [-0.2, -0.15) is 0 Å². The predicted molar refractivity (Wildman–Crippen MR) is 76.6 cm³/mol. The quantitative estimate of drug-likeness (QED) is 0.857. The van der Waals surface area contributed by atoms with E-state index in [2.05, 4.69) is 19.9 Å². The molecule has 1 aromatic carbocycles. The van der Waals surface area contributed by atoms with Gasteiger partial charge < -0.3 is 9.84 Å². The average molecular weight is 264 g/mol. The summed E-state index contributed by atoms with van der Waals surface area (Å²) in [4.78, 5) is 11.1. The number of benzene rings is 1. The Bertz CT molecular complexity index is 447. The molecule has 0 unspecified atom stereocenters. The van der Waals surface area contributed by atoms with E-state index < -0.39 is 11.4 Å². The molecular formula is C16H24O3. The normalized spacial score (nSPS) is 12.5. The van der Waals surface area contributed by atoms with Gasteiger partial charge in [-0.15, -0.1) is 0 Å². The zero-order chi connectivity index (χ0) is 14.7. The molecule has 1 aromatic rings. The van der Waals surface area contributed by atoms with Crippen LogP contribution in [0.3, 0.4) is 0 Å². The second-order valence-electron chi connectivity index (χ2n) is 6.32. The summed E-state index contributed by atoms with van der Waals surface area (Å²) in [6.07, 6.45) is 0.118. The van der Waals surface area contributed by atoms with Crippen LogP contribution < -0.4 is 0 Å². The largest absolute Gasteiger partial charge is 0.481 e. The predicted octanol–water partition coefficient (Wildman–Crippen LogP) is 3.36. The molecule has 0 spiro atoms. The summed E-state index contributed by atoms with van der Waals surface area (Å²) < 4.78 is 5.29. The summed E-state index contributed by atoms with van der Waals surface area (Å²) in [7, 11) is 1.69. The van der Waals surface area contributed by atoms with Crippen molar-refractivity contribution in [1.29, 1.82) is 0 Å². The Hall–Kier alpha value is -1.35. The molecule has 106 valence electrons. The maximum Gasteiger partial charge on any atom is 0.304 e. The van der Waals surface area contributed by atoms with E-state index in [0.717, 1.165) is 11.1 Å². The number of carboxylic acid groups (broad SMARTS) is 1. The first-order valence-corrected chi connectivity index (χ1v) is 6.51. The van der Waals surface area contributed by atoms with Gasteiger partial charge in [0.2, 0.25) is 0 Å². The molecule has 0 aliphatic heterocycles.